The van der Waals surface area contributed by atoms with Crippen LogP contribution in [0.1, 0.15) is 11.3 Å². The van der Waals surface area contributed by atoms with Crippen LogP contribution in [0, 0.1) is 5.82 Å². The molecular weight excluding hydrogens is 283 g/mol. The molecule has 7 heteroatoms. The fourth-order valence-corrected chi connectivity index (χ4v) is 2.00. The second kappa shape index (κ2) is 6.02. The molecule has 0 fully saturated rings. The lowest BCUT2D eigenvalue weighted by Gasteiger charge is -2.08. The summed E-state index contributed by atoms with van der Waals surface area (Å²) in [5.41, 5.74) is 2.63. The van der Waals surface area contributed by atoms with Gasteiger partial charge in [0, 0.05) is 42.7 Å². The lowest BCUT2D eigenvalue weighted by molar-refractivity contribution is 0.411. The largest absolute Gasteiger partial charge is 0.497 e. The fourth-order valence-electron chi connectivity index (χ4n) is 2.00. The zero-order chi connectivity index (χ0) is 13.2. The molecule has 0 saturated heterocycles. The predicted molar refractivity (Wildman–Crippen MR) is 76.1 cm³/mol. The van der Waals surface area contributed by atoms with Gasteiger partial charge < -0.3 is 15.4 Å². The third kappa shape index (κ3) is 2.97. The molecule has 106 valence electrons. The second-order valence-electron chi connectivity index (χ2n) is 4.27. The summed E-state index contributed by atoms with van der Waals surface area (Å²) in [5, 5.41) is 6.18. The van der Waals surface area contributed by atoms with Crippen LogP contribution in [0.3, 0.4) is 0 Å². The van der Waals surface area contributed by atoms with E-state index in [0.29, 0.717) is 17.4 Å². The van der Waals surface area contributed by atoms with Crippen LogP contribution >= 0.6 is 12.4 Å². The first-order chi connectivity index (χ1) is 9.24. The maximum absolute atomic E-state index is 13.4. The Kier molecular flexibility index (Phi) is 4.36. The summed E-state index contributed by atoms with van der Waals surface area (Å²) >= 11 is 0. The number of fused-ring (bicyclic) bond motifs is 1. The Morgan fingerprint density at radius 3 is 2.95 bits per heavy atom. The van der Waals surface area contributed by atoms with E-state index in [4.69, 9.17) is 4.74 Å². The van der Waals surface area contributed by atoms with Gasteiger partial charge in [-0.3, -0.25) is 0 Å². The maximum atomic E-state index is 13.4. The van der Waals surface area contributed by atoms with Crippen molar-refractivity contribution >= 4 is 24.0 Å². The van der Waals surface area contributed by atoms with Gasteiger partial charge in [-0.2, -0.15) is 0 Å². The van der Waals surface area contributed by atoms with E-state index in [1.54, 1.807) is 12.3 Å². The standard InChI is InChI=1S/C13H13FN4O.ClH/c1-19-11-3-9(14)2-10(4-11)17-13-16-6-8-5-15-7-12(8)18-13;/h2-4,6,15H,5,7H2,1H3,(H,16,17,18);1H. The van der Waals surface area contributed by atoms with E-state index in [9.17, 15) is 4.39 Å². The van der Waals surface area contributed by atoms with Gasteiger partial charge in [0.15, 0.2) is 0 Å². The van der Waals surface area contributed by atoms with E-state index < -0.39 is 0 Å². The molecule has 2 heterocycles. The Balaban J connectivity index is 0.00000147. The quantitative estimate of drug-likeness (QED) is 0.911. The number of anilines is 2. The van der Waals surface area contributed by atoms with E-state index in [1.165, 1.54) is 19.2 Å². The Labute approximate surface area is 122 Å². The molecule has 0 bridgehead atoms. The molecule has 3 rings (SSSR count). The van der Waals surface area contributed by atoms with Gasteiger partial charge in [-0.15, -0.1) is 12.4 Å². The zero-order valence-corrected chi connectivity index (χ0v) is 11.6. The number of hydrogen-bond donors (Lipinski definition) is 2. The lowest BCUT2D eigenvalue weighted by atomic mass is 10.3. The number of nitrogens with zero attached hydrogens (tertiary/aromatic N) is 2. The van der Waals surface area contributed by atoms with E-state index in [0.717, 1.165) is 24.3 Å². The molecule has 1 aromatic carbocycles. The molecule has 1 aliphatic heterocycles. The topological polar surface area (TPSA) is 59.1 Å². The van der Waals surface area contributed by atoms with E-state index in [1.807, 2.05) is 0 Å². The van der Waals surface area contributed by atoms with E-state index in [2.05, 4.69) is 20.6 Å². The van der Waals surface area contributed by atoms with Gasteiger partial charge in [0.25, 0.3) is 0 Å². The molecule has 0 amide bonds. The average Bonchev–Trinajstić information content (AvgIpc) is 2.85. The molecule has 5 nitrogen and oxygen atoms in total. The first kappa shape index (κ1) is 14.5. The number of aromatic nitrogens is 2. The molecule has 0 unspecified atom stereocenters. The zero-order valence-electron chi connectivity index (χ0n) is 10.8. The van der Waals surface area contributed by atoms with Crippen LogP contribution in [0.15, 0.2) is 24.4 Å². The summed E-state index contributed by atoms with van der Waals surface area (Å²) in [6.45, 7) is 1.53. The van der Waals surface area contributed by atoms with Crippen molar-refractivity contribution < 1.29 is 9.13 Å². The first-order valence-electron chi connectivity index (χ1n) is 5.92. The predicted octanol–water partition coefficient (Wildman–Crippen LogP) is 2.39. The van der Waals surface area contributed by atoms with Gasteiger partial charge in [0.2, 0.25) is 5.95 Å². The SMILES string of the molecule is COc1cc(F)cc(Nc2ncc3c(n2)CNC3)c1.Cl. The highest BCUT2D eigenvalue weighted by atomic mass is 35.5. The van der Waals surface area contributed by atoms with Crippen LogP contribution < -0.4 is 15.4 Å². The van der Waals surface area contributed by atoms with Crippen molar-refractivity contribution in [3.05, 3.63) is 41.5 Å². The Morgan fingerprint density at radius 1 is 1.30 bits per heavy atom. The summed E-state index contributed by atoms with van der Waals surface area (Å²) in [7, 11) is 1.50. The van der Waals surface area contributed by atoms with Crippen LogP contribution in [0.4, 0.5) is 16.0 Å². The fraction of sp³-hybridized carbons (Fsp3) is 0.231. The smallest absolute Gasteiger partial charge is 0.227 e. The molecule has 2 aromatic rings. The molecule has 0 aliphatic carbocycles. The Bertz CT molecular complexity index is 623. The van der Waals surface area contributed by atoms with Crippen molar-refractivity contribution in [3.63, 3.8) is 0 Å². The number of benzene rings is 1. The second-order valence-corrected chi connectivity index (χ2v) is 4.27. The summed E-state index contributed by atoms with van der Waals surface area (Å²) in [5.74, 6) is 0.533. The van der Waals surface area contributed by atoms with Crippen LogP contribution in [-0.4, -0.2) is 17.1 Å². The summed E-state index contributed by atoms with van der Waals surface area (Å²) in [4.78, 5) is 8.59. The number of ether oxygens (including phenoxy) is 1. The van der Waals surface area contributed by atoms with Crippen LogP contribution in [0.25, 0.3) is 0 Å². The van der Waals surface area contributed by atoms with Gasteiger partial charge in [0.1, 0.15) is 11.6 Å². The number of methoxy groups -OCH3 is 1. The van der Waals surface area contributed by atoms with Gasteiger partial charge in [0.05, 0.1) is 12.8 Å². The van der Waals surface area contributed by atoms with Crippen LogP contribution in [-0.2, 0) is 13.1 Å². The van der Waals surface area contributed by atoms with Crippen molar-refractivity contribution in [2.45, 2.75) is 13.1 Å². The third-order valence-electron chi connectivity index (χ3n) is 2.93. The average molecular weight is 297 g/mol. The van der Waals surface area contributed by atoms with E-state index >= 15 is 0 Å². The molecule has 0 spiro atoms. The van der Waals surface area contributed by atoms with Crippen molar-refractivity contribution in [1.29, 1.82) is 0 Å². The Morgan fingerprint density at radius 2 is 2.15 bits per heavy atom. The van der Waals surface area contributed by atoms with Crippen molar-refractivity contribution in [3.8, 4) is 5.75 Å². The molecular formula is C13H14ClFN4O. The minimum absolute atomic E-state index is 0. The molecule has 2 N–H and O–H groups in total. The molecule has 0 saturated carbocycles. The molecule has 20 heavy (non-hydrogen) atoms. The summed E-state index contributed by atoms with van der Waals surface area (Å²) in [6, 6.07) is 4.38. The summed E-state index contributed by atoms with van der Waals surface area (Å²) < 4.78 is 18.4. The Hall–Kier alpha value is -1.92. The highest BCUT2D eigenvalue weighted by molar-refractivity contribution is 5.85. The molecule has 0 radical (unpaired) electrons. The number of halogens is 2. The minimum atomic E-state index is -0.371. The van der Waals surface area contributed by atoms with Gasteiger partial charge in [-0.1, -0.05) is 0 Å². The molecule has 1 aromatic heterocycles. The number of rotatable bonds is 3. The molecule has 1 aliphatic rings. The van der Waals surface area contributed by atoms with Gasteiger partial charge >= 0.3 is 0 Å². The number of hydrogen-bond acceptors (Lipinski definition) is 5. The maximum Gasteiger partial charge on any atom is 0.227 e. The minimum Gasteiger partial charge on any atom is -0.497 e. The highest BCUT2D eigenvalue weighted by Crippen LogP contribution is 2.22. The van der Waals surface area contributed by atoms with E-state index in [-0.39, 0.29) is 18.2 Å². The van der Waals surface area contributed by atoms with Gasteiger partial charge in [-0.05, 0) is 6.07 Å². The monoisotopic (exact) mass is 296 g/mol. The van der Waals surface area contributed by atoms with Crippen molar-refractivity contribution in [2.75, 3.05) is 12.4 Å². The normalized spacial score (nSPS) is 12.5. The third-order valence-corrected chi connectivity index (χ3v) is 2.93. The first-order valence-corrected chi connectivity index (χ1v) is 5.92. The highest BCUT2D eigenvalue weighted by Gasteiger charge is 2.13. The van der Waals surface area contributed by atoms with Crippen molar-refractivity contribution in [1.82, 2.24) is 15.3 Å². The molecule has 0 atom stereocenters. The summed E-state index contributed by atoms with van der Waals surface area (Å²) in [6.07, 6.45) is 1.78. The van der Waals surface area contributed by atoms with Gasteiger partial charge in [-0.25, -0.2) is 14.4 Å². The number of nitrogens with one attached hydrogen (secondary N) is 2. The van der Waals surface area contributed by atoms with Crippen LogP contribution in [0.2, 0.25) is 0 Å². The van der Waals surface area contributed by atoms with Crippen LogP contribution in [0.5, 0.6) is 5.75 Å². The lowest BCUT2D eigenvalue weighted by Crippen LogP contribution is -2.02. The van der Waals surface area contributed by atoms with Crippen molar-refractivity contribution in [2.24, 2.45) is 0 Å².